The predicted molar refractivity (Wildman–Crippen MR) is 74.4 cm³/mol. The lowest BCUT2D eigenvalue weighted by atomic mass is 10.2. The fourth-order valence-corrected chi connectivity index (χ4v) is 2.15. The predicted octanol–water partition coefficient (Wildman–Crippen LogP) is 1.03. The van der Waals surface area contributed by atoms with E-state index >= 15 is 0 Å². The first-order chi connectivity index (χ1) is 8.60. The number of thiocarbonyl (C=S) groups is 1. The van der Waals surface area contributed by atoms with Gasteiger partial charge in [0.15, 0.2) is 16.4 Å². The van der Waals surface area contributed by atoms with Gasteiger partial charge in [-0.1, -0.05) is 11.3 Å². The molecule has 1 aromatic carbocycles. The molecule has 0 atom stereocenters. The van der Waals surface area contributed by atoms with Crippen LogP contribution in [0.3, 0.4) is 0 Å². The van der Waals surface area contributed by atoms with E-state index in [1.807, 2.05) is 0 Å². The van der Waals surface area contributed by atoms with Crippen LogP contribution in [0.1, 0.15) is 5.56 Å². The van der Waals surface area contributed by atoms with Crippen molar-refractivity contribution in [3.8, 4) is 5.75 Å². The van der Waals surface area contributed by atoms with E-state index in [1.54, 1.807) is 12.1 Å². The van der Waals surface area contributed by atoms with Crippen LogP contribution in [-0.4, -0.2) is 18.4 Å². The summed E-state index contributed by atoms with van der Waals surface area (Å²) in [6, 6.07) is 3.46. The third kappa shape index (κ3) is 2.66. The molecule has 0 saturated heterocycles. The zero-order valence-corrected chi connectivity index (χ0v) is 10.9. The molecule has 2 rings (SSSR count). The van der Waals surface area contributed by atoms with E-state index in [9.17, 15) is 4.79 Å². The Hall–Kier alpha value is -1.93. The minimum atomic E-state index is -0.376. The van der Waals surface area contributed by atoms with Crippen molar-refractivity contribution in [3.63, 3.8) is 0 Å². The van der Waals surface area contributed by atoms with Crippen LogP contribution >= 0.6 is 23.6 Å². The van der Waals surface area contributed by atoms with Crippen LogP contribution in [0.2, 0.25) is 0 Å². The van der Waals surface area contributed by atoms with Crippen LogP contribution in [0.15, 0.2) is 26.4 Å². The third-order valence-electron chi connectivity index (χ3n) is 2.03. The maximum Gasteiger partial charge on any atom is 0.396 e. The maximum atomic E-state index is 11.2. The number of methoxy groups -OCH3 is 1. The number of hydrogen-bond acceptors (Lipinski definition) is 6. The first kappa shape index (κ1) is 12.5. The summed E-state index contributed by atoms with van der Waals surface area (Å²) in [6.45, 7) is 0. The van der Waals surface area contributed by atoms with Crippen molar-refractivity contribution in [2.24, 2.45) is 10.8 Å². The molecule has 0 aliphatic rings. The van der Waals surface area contributed by atoms with Gasteiger partial charge in [-0.15, -0.1) is 0 Å². The number of nitrogens with zero attached hydrogens (tertiary/aromatic N) is 1. The van der Waals surface area contributed by atoms with Gasteiger partial charge in [-0.05, 0) is 29.9 Å². The monoisotopic (exact) mass is 283 g/mol. The van der Waals surface area contributed by atoms with E-state index in [4.69, 9.17) is 14.9 Å². The molecule has 0 bridgehead atoms. The quantitative estimate of drug-likeness (QED) is 0.497. The minimum absolute atomic E-state index is 0.0762. The molecule has 0 spiro atoms. The molecular weight excluding hydrogens is 274 g/mol. The van der Waals surface area contributed by atoms with Gasteiger partial charge in [-0.2, -0.15) is 5.10 Å². The van der Waals surface area contributed by atoms with Crippen LogP contribution in [0, 0.1) is 0 Å². The van der Waals surface area contributed by atoms with Crippen LogP contribution in [0.25, 0.3) is 10.3 Å². The van der Waals surface area contributed by atoms with Crippen LogP contribution in [0.5, 0.6) is 5.75 Å². The Bertz CT molecular complexity index is 675. The summed E-state index contributed by atoms with van der Waals surface area (Å²) in [5.41, 5.74) is 8.85. The van der Waals surface area contributed by atoms with E-state index in [2.05, 4.69) is 22.7 Å². The van der Waals surface area contributed by atoms with E-state index in [-0.39, 0.29) is 10.1 Å². The minimum Gasteiger partial charge on any atom is -0.493 e. The molecule has 0 amide bonds. The van der Waals surface area contributed by atoms with Gasteiger partial charge in [0.2, 0.25) is 0 Å². The SMILES string of the molecule is COc1cc(/C=N\NC(N)=S)cc2sc(=O)oc12. The molecule has 1 aromatic heterocycles. The molecule has 0 unspecified atom stereocenters. The van der Waals surface area contributed by atoms with Gasteiger partial charge in [-0.25, -0.2) is 4.79 Å². The first-order valence-electron chi connectivity index (χ1n) is 4.80. The molecule has 0 aliphatic heterocycles. The fraction of sp³-hybridized carbons (Fsp3) is 0.100. The van der Waals surface area contributed by atoms with Gasteiger partial charge in [-0.3, -0.25) is 5.43 Å². The Morgan fingerprint density at radius 3 is 3.11 bits per heavy atom. The summed E-state index contributed by atoms with van der Waals surface area (Å²) in [5, 5.41) is 3.91. The van der Waals surface area contributed by atoms with Crippen molar-refractivity contribution in [1.82, 2.24) is 5.43 Å². The lowest BCUT2D eigenvalue weighted by Gasteiger charge is -2.01. The van der Waals surface area contributed by atoms with Crippen LogP contribution in [-0.2, 0) is 0 Å². The summed E-state index contributed by atoms with van der Waals surface area (Å²) < 4.78 is 10.9. The molecule has 3 N–H and O–H groups in total. The van der Waals surface area contributed by atoms with Crippen molar-refractivity contribution in [3.05, 3.63) is 27.4 Å². The summed E-state index contributed by atoms with van der Waals surface area (Å²) in [6.07, 6.45) is 1.52. The van der Waals surface area contributed by atoms with Crippen molar-refractivity contribution in [2.75, 3.05) is 7.11 Å². The van der Waals surface area contributed by atoms with Crippen LogP contribution in [0.4, 0.5) is 0 Å². The number of fused-ring (bicyclic) bond motifs is 1. The van der Waals surface area contributed by atoms with E-state index in [0.717, 1.165) is 16.9 Å². The molecule has 1 heterocycles. The average Bonchev–Trinajstić information content (AvgIpc) is 2.67. The fourth-order valence-electron chi connectivity index (χ4n) is 1.36. The van der Waals surface area contributed by atoms with E-state index < -0.39 is 0 Å². The van der Waals surface area contributed by atoms with Gasteiger partial charge in [0, 0.05) is 0 Å². The first-order valence-corrected chi connectivity index (χ1v) is 6.03. The van der Waals surface area contributed by atoms with Gasteiger partial charge in [0.05, 0.1) is 18.0 Å². The number of nitrogens with one attached hydrogen (secondary N) is 1. The zero-order valence-electron chi connectivity index (χ0n) is 9.30. The van der Waals surface area contributed by atoms with E-state index in [1.165, 1.54) is 13.3 Å². The number of benzene rings is 1. The number of ether oxygens (including phenoxy) is 1. The molecule has 0 radical (unpaired) electrons. The van der Waals surface area contributed by atoms with Gasteiger partial charge in [0.1, 0.15) is 0 Å². The number of rotatable bonds is 3. The largest absolute Gasteiger partial charge is 0.493 e. The topological polar surface area (TPSA) is 89.9 Å². The normalized spacial score (nSPS) is 10.9. The zero-order chi connectivity index (χ0) is 13.1. The number of hydrazone groups is 1. The van der Waals surface area contributed by atoms with Crippen molar-refractivity contribution in [1.29, 1.82) is 0 Å². The molecule has 0 fully saturated rings. The van der Waals surface area contributed by atoms with Crippen molar-refractivity contribution >= 4 is 45.2 Å². The second-order valence-electron chi connectivity index (χ2n) is 3.24. The van der Waals surface area contributed by atoms with Crippen molar-refractivity contribution in [2.45, 2.75) is 0 Å². The lowest BCUT2D eigenvalue weighted by Crippen LogP contribution is -2.23. The molecule has 0 saturated carbocycles. The lowest BCUT2D eigenvalue weighted by molar-refractivity contribution is 0.408. The van der Waals surface area contributed by atoms with Crippen LogP contribution < -0.4 is 20.8 Å². The van der Waals surface area contributed by atoms with Gasteiger partial charge >= 0.3 is 4.94 Å². The number of nitrogens with two attached hydrogens (primary N) is 1. The average molecular weight is 283 g/mol. The standard InChI is InChI=1S/C10H9N3O3S2/c1-15-6-2-5(4-12-13-9(11)17)3-7-8(6)16-10(14)18-7/h2-4H,1H3,(H3,11,13,17)/b12-4-. The molecule has 2 aromatic rings. The summed E-state index contributed by atoms with van der Waals surface area (Å²) in [7, 11) is 1.50. The van der Waals surface area contributed by atoms with E-state index in [0.29, 0.717) is 16.0 Å². The Kier molecular flexibility index (Phi) is 3.58. The Balaban J connectivity index is 2.43. The number of hydrogen-bond donors (Lipinski definition) is 2. The summed E-state index contributed by atoms with van der Waals surface area (Å²) in [5.74, 6) is 0.475. The highest BCUT2D eigenvalue weighted by Gasteiger charge is 2.09. The Morgan fingerprint density at radius 2 is 2.44 bits per heavy atom. The molecule has 94 valence electrons. The molecule has 8 heteroatoms. The summed E-state index contributed by atoms with van der Waals surface area (Å²) in [4.78, 5) is 10.8. The summed E-state index contributed by atoms with van der Waals surface area (Å²) >= 11 is 5.61. The molecular formula is C10H9N3O3S2. The van der Waals surface area contributed by atoms with Crippen molar-refractivity contribution < 1.29 is 9.15 Å². The second kappa shape index (κ2) is 5.15. The van der Waals surface area contributed by atoms with Gasteiger partial charge < -0.3 is 14.9 Å². The Morgan fingerprint density at radius 1 is 1.67 bits per heavy atom. The second-order valence-corrected chi connectivity index (χ2v) is 4.66. The Labute approximate surface area is 111 Å². The maximum absolute atomic E-state index is 11.2. The molecule has 0 aliphatic carbocycles. The highest BCUT2D eigenvalue weighted by molar-refractivity contribution is 7.80. The molecule has 18 heavy (non-hydrogen) atoms. The highest BCUT2D eigenvalue weighted by atomic mass is 32.1. The smallest absolute Gasteiger partial charge is 0.396 e. The molecule has 6 nitrogen and oxygen atoms in total. The highest BCUT2D eigenvalue weighted by Crippen LogP contribution is 2.28. The van der Waals surface area contributed by atoms with Gasteiger partial charge in [0.25, 0.3) is 0 Å². The third-order valence-corrected chi connectivity index (χ3v) is 2.89.